The lowest BCUT2D eigenvalue weighted by Gasteiger charge is -1.87. The van der Waals surface area contributed by atoms with E-state index in [2.05, 4.69) is 12.1 Å². The number of hydrogen-bond acceptors (Lipinski definition) is 2. The average Bonchev–Trinajstić information content (AvgIpc) is 2.40. The molecule has 0 atom stereocenters. The maximum atomic E-state index is 5.23. The lowest BCUT2D eigenvalue weighted by Crippen LogP contribution is -2.41. The molecule has 0 bridgehead atoms. The zero-order valence-electron chi connectivity index (χ0n) is 7.07. The lowest BCUT2D eigenvalue weighted by atomic mass is 10.3. The summed E-state index contributed by atoms with van der Waals surface area (Å²) >= 11 is 1.74. The maximum absolute atomic E-state index is 5.23. The molecule has 0 radical (unpaired) electrons. The molecule has 0 aliphatic carbocycles. The number of benzene rings is 1. The standard InChI is InChI=1S/C9H10NOS/c1-7-10(11-2)8-5-3-4-6-9(8)12-7/h3-6H,1-2H3/q+1. The van der Waals surface area contributed by atoms with Crippen LogP contribution in [0.3, 0.4) is 0 Å². The van der Waals surface area contributed by atoms with Crippen molar-refractivity contribution in [2.75, 3.05) is 7.11 Å². The fraction of sp³-hybridized carbons (Fsp3) is 0.222. The monoisotopic (exact) mass is 180 g/mol. The van der Waals surface area contributed by atoms with Crippen LogP contribution in [0.4, 0.5) is 0 Å². The Morgan fingerprint density at radius 3 is 2.83 bits per heavy atom. The average molecular weight is 180 g/mol. The molecule has 0 aliphatic heterocycles. The third-order valence-electron chi connectivity index (χ3n) is 1.81. The van der Waals surface area contributed by atoms with E-state index in [1.54, 1.807) is 18.4 Å². The van der Waals surface area contributed by atoms with Crippen LogP contribution in [0.25, 0.3) is 10.2 Å². The normalized spacial score (nSPS) is 10.5. The zero-order valence-corrected chi connectivity index (χ0v) is 7.89. The van der Waals surface area contributed by atoms with Crippen LogP contribution in [0, 0.1) is 6.92 Å². The number of nitrogens with zero attached hydrogens (tertiary/aromatic N) is 1. The van der Waals surface area contributed by atoms with Gasteiger partial charge in [0.25, 0.3) is 10.5 Å². The predicted octanol–water partition coefficient (Wildman–Crippen LogP) is 1.56. The Bertz CT molecular complexity index is 408. The summed E-state index contributed by atoms with van der Waals surface area (Å²) in [5.41, 5.74) is 1.14. The molecule has 0 amide bonds. The summed E-state index contributed by atoms with van der Waals surface area (Å²) in [6, 6.07) is 8.22. The van der Waals surface area contributed by atoms with Crippen molar-refractivity contribution < 1.29 is 9.57 Å². The van der Waals surface area contributed by atoms with Gasteiger partial charge in [-0.3, -0.25) is 4.84 Å². The van der Waals surface area contributed by atoms with Crippen LogP contribution in [0.15, 0.2) is 24.3 Å². The summed E-state index contributed by atoms with van der Waals surface area (Å²) < 4.78 is 3.11. The zero-order chi connectivity index (χ0) is 8.55. The Labute approximate surface area is 75.0 Å². The van der Waals surface area contributed by atoms with E-state index in [1.807, 2.05) is 23.8 Å². The highest BCUT2D eigenvalue weighted by molar-refractivity contribution is 7.18. The molecule has 2 rings (SSSR count). The second-order valence-corrected chi connectivity index (χ2v) is 3.80. The summed E-state index contributed by atoms with van der Waals surface area (Å²) in [5.74, 6) is 0. The van der Waals surface area contributed by atoms with Crippen LogP contribution in [-0.4, -0.2) is 7.11 Å². The van der Waals surface area contributed by atoms with Crippen LogP contribution in [0.1, 0.15) is 5.01 Å². The van der Waals surface area contributed by atoms with Gasteiger partial charge in [-0.25, -0.2) is 0 Å². The molecular formula is C9H10NOS+. The topological polar surface area (TPSA) is 13.1 Å². The smallest absolute Gasteiger partial charge is 0.273 e. The molecule has 0 N–H and O–H groups in total. The van der Waals surface area contributed by atoms with Gasteiger partial charge in [-0.1, -0.05) is 23.5 Å². The molecule has 1 aromatic carbocycles. The largest absolute Gasteiger partial charge is 0.286 e. The van der Waals surface area contributed by atoms with E-state index >= 15 is 0 Å². The van der Waals surface area contributed by atoms with Gasteiger partial charge in [-0.05, 0) is 6.07 Å². The molecule has 0 fully saturated rings. The third-order valence-corrected chi connectivity index (χ3v) is 2.84. The van der Waals surface area contributed by atoms with Gasteiger partial charge in [-0.2, -0.15) is 0 Å². The highest BCUT2D eigenvalue weighted by Gasteiger charge is 2.16. The summed E-state index contributed by atoms with van der Waals surface area (Å²) in [6.07, 6.45) is 0. The number of thiazole rings is 1. The van der Waals surface area contributed by atoms with Crippen molar-refractivity contribution in [2.45, 2.75) is 6.92 Å². The van der Waals surface area contributed by atoms with Gasteiger partial charge in [0.05, 0.1) is 0 Å². The minimum absolute atomic E-state index is 1.14. The van der Waals surface area contributed by atoms with Crippen molar-refractivity contribution in [3.05, 3.63) is 29.3 Å². The summed E-state index contributed by atoms with van der Waals surface area (Å²) in [4.78, 5) is 5.23. The first-order valence-electron chi connectivity index (χ1n) is 3.77. The highest BCUT2D eigenvalue weighted by atomic mass is 32.1. The molecule has 12 heavy (non-hydrogen) atoms. The minimum atomic E-state index is 1.14. The van der Waals surface area contributed by atoms with E-state index in [-0.39, 0.29) is 0 Å². The summed E-state index contributed by atoms with van der Waals surface area (Å²) in [7, 11) is 1.69. The van der Waals surface area contributed by atoms with Crippen molar-refractivity contribution in [1.29, 1.82) is 0 Å². The third kappa shape index (κ3) is 0.975. The highest BCUT2D eigenvalue weighted by Crippen LogP contribution is 2.18. The Hall–Kier alpha value is -1.09. The van der Waals surface area contributed by atoms with Crippen LogP contribution >= 0.6 is 11.3 Å². The fourth-order valence-corrected chi connectivity index (χ4v) is 2.28. The lowest BCUT2D eigenvalue weighted by molar-refractivity contribution is -0.866. The molecule has 2 aromatic rings. The fourth-order valence-electron chi connectivity index (χ4n) is 1.31. The number of aromatic nitrogens is 1. The number of hydrogen-bond donors (Lipinski definition) is 0. The number of fused-ring (bicyclic) bond motifs is 1. The van der Waals surface area contributed by atoms with Gasteiger partial charge >= 0.3 is 0 Å². The van der Waals surface area contributed by atoms with Gasteiger partial charge in [0, 0.05) is 17.7 Å². The van der Waals surface area contributed by atoms with E-state index in [4.69, 9.17) is 4.84 Å². The predicted molar refractivity (Wildman–Crippen MR) is 49.3 cm³/mol. The first kappa shape index (κ1) is 7.55. The minimum Gasteiger partial charge on any atom is -0.273 e. The van der Waals surface area contributed by atoms with E-state index in [1.165, 1.54) is 9.71 Å². The van der Waals surface area contributed by atoms with E-state index < -0.39 is 0 Å². The Morgan fingerprint density at radius 2 is 2.08 bits per heavy atom. The number of rotatable bonds is 1. The molecule has 0 saturated carbocycles. The van der Waals surface area contributed by atoms with Gasteiger partial charge in [0.15, 0.2) is 0 Å². The number of aryl methyl sites for hydroxylation is 1. The van der Waals surface area contributed by atoms with Gasteiger partial charge in [0.2, 0.25) is 0 Å². The Morgan fingerprint density at radius 1 is 1.33 bits per heavy atom. The first-order chi connectivity index (χ1) is 5.83. The van der Waals surface area contributed by atoms with Crippen molar-refractivity contribution in [3.63, 3.8) is 0 Å². The molecular weight excluding hydrogens is 170 g/mol. The second-order valence-electron chi connectivity index (χ2n) is 2.57. The van der Waals surface area contributed by atoms with Gasteiger partial charge in [0.1, 0.15) is 11.8 Å². The van der Waals surface area contributed by atoms with Gasteiger partial charge < -0.3 is 0 Å². The molecule has 0 spiro atoms. The van der Waals surface area contributed by atoms with Crippen molar-refractivity contribution >= 4 is 21.6 Å². The van der Waals surface area contributed by atoms with Crippen LogP contribution in [0.2, 0.25) is 0 Å². The summed E-state index contributed by atoms with van der Waals surface area (Å²) in [6.45, 7) is 2.05. The van der Waals surface area contributed by atoms with E-state index in [9.17, 15) is 0 Å². The quantitative estimate of drug-likeness (QED) is 0.607. The number of para-hydroxylation sites is 1. The first-order valence-corrected chi connectivity index (χ1v) is 4.59. The van der Waals surface area contributed by atoms with Crippen molar-refractivity contribution in [2.24, 2.45) is 0 Å². The van der Waals surface area contributed by atoms with Crippen LogP contribution in [-0.2, 0) is 0 Å². The second kappa shape index (κ2) is 2.75. The van der Waals surface area contributed by atoms with Crippen LogP contribution < -0.4 is 9.57 Å². The van der Waals surface area contributed by atoms with Crippen LogP contribution in [0.5, 0.6) is 0 Å². The maximum Gasteiger partial charge on any atom is 0.286 e. The molecule has 3 heteroatoms. The molecule has 0 unspecified atom stereocenters. The van der Waals surface area contributed by atoms with E-state index in [0.717, 1.165) is 5.52 Å². The molecule has 62 valence electrons. The Balaban J connectivity index is 2.81. The molecule has 0 saturated heterocycles. The summed E-state index contributed by atoms with van der Waals surface area (Å²) in [5, 5.41) is 1.17. The van der Waals surface area contributed by atoms with Crippen molar-refractivity contribution in [1.82, 2.24) is 0 Å². The molecule has 0 aliphatic rings. The molecule has 1 heterocycles. The molecule has 1 aromatic heterocycles. The Kier molecular flexibility index (Phi) is 1.73. The molecule has 2 nitrogen and oxygen atoms in total. The SMILES string of the molecule is CO[n+]1c(C)sc2ccccc21. The van der Waals surface area contributed by atoms with Crippen molar-refractivity contribution in [3.8, 4) is 0 Å². The van der Waals surface area contributed by atoms with E-state index in [0.29, 0.717) is 0 Å². The van der Waals surface area contributed by atoms with Gasteiger partial charge in [-0.15, -0.1) is 0 Å².